The number of benzene rings is 2. The van der Waals surface area contributed by atoms with Gasteiger partial charge < -0.3 is 10.7 Å². The van der Waals surface area contributed by atoms with Crippen molar-refractivity contribution in [2.24, 2.45) is 0 Å². The van der Waals surface area contributed by atoms with Crippen LogP contribution in [-0.2, 0) is 0 Å². The number of rotatable bonds is 2. The molecular formula is C20H14N4S. The molecule has 5 rings (SSSR count). The van der Waals surface area contributed by atoms with Crippen molar-refractivity contribution >= 4 is 39.0 Å². The zero-order chi connectivity index (χ0) is 16.8. The minimum Gasteiger partial charge on any atom is -0.398 e. The van der Waals surface area contributed by atoms with Gasteiger partial charge in [0.25, 0.3) is 0 Å². The second kappa shape index (κ2) is 5.43. The molecule has 3 aromatic heterocycles. The molecule has 0 radical (unpaired) electrons. The van der Waals surface area contributed by atoms with Gasteiger partial charge in [0, 0.05) is 11.6 Å². The third-order valence-electron chi connectivity index (χ3n) is 4.41. The number of thiophene rings is 1. The Hall–Kier alpha value is -3.18. The molecule has 5 aromatic rings. The van der Waals surface area contributed by atoms with E-state index in [-0.39, 0.29) is 0 Å². The molecule has 0 aliphatic carbocycles. The molecule has 3 N–H and O–H groups in total. The van der Waals surface area contributed by atoms with Crippen LogP contribution in [0.3, 0.4) is 0 Å². The lowest BCUT2D eigenvalue weighted by molar-refractivity contribution is 1.31. The molecule has 0 saturated heterocycles. The van der Waals surface area contributed by atoms with E-state index in [1.807, 2.05) is 30.3 Å². The van der Waals surface area contributed by atoms with Gasteiger partial charge in [-0.2, -0.15) is 11.3 Å². The number of para-hydroxylation sites is 2. The molecule has 0 aliphatic rings. The number of H-pyrrole nitrogens is 1. The molecular weight excluding hydrogens is 328 g/mol. The maximum atomic E-state index is 6.44. The molecule has 0 aliphatic heterocycles. The first-order chi connectivity index (χ1) is 12.3. The van der Waals surface area contributed by atoms with Crippen LogP contribution in [0.1, 0.15) is 0 Å². The highest BCUT2D eigenvalue weighted by atomic mass is 32.1. The Morgan fingerprint density at radius 1 is 0.960 bits per heavy atom. The Labute approximate surface area is 148 Å². The zero-order valence-corrected chi connectivity index (χ0v) is 14.0. The summed E-state index contributed by atoms with van der Waals surface area (Å²) in [5, 5.41) is 5.15. The van der Waals surface area contributed by atoms with Gasteiger partial charge in [0.2, 0.25) is 0 Å². The summed E-state index contributed by atoms with van der Waals surface area (Å²) in [5.41, 5.74) is 13.1. The molecule has 0 amide bonds. The quantitative estimate of drug-likeness (QED) is 0.469. The predicted octanol–water partition coefficient (Wildman–Crippen LogP) is 5.09. The lowest BCUT2D eigenvalue weighted by Gasteiger charge is -2.08. The number of nitrogens with one attached hydrogen (secondary N) is 1. The Morgan fingerprint density at radius 2 is 1.88 bits per heavy atom. The zero-order valence-electron chi connectivity index (χ0n) is 13.2. The van der Waals surface area contributed by atoms with Crippen LogP contribution >= 0.6 is 11.3 Å². The largest absolute Gasteiger partial charge is 0.398 e. The summed E-state index contributed by atoms with van der Waals surface area (Å²) >= 11 is 1.69. The smallest absolute Gasteiger partial charge is 0.142 e. The topological polar surface area (TPSA) is 67.6 Å². The van der Waals surface area contributed by atoms with Gasteiger partial charge in [-0.05, 0) is 46.2 Å². The lowest BCUT2D eigenvalue weighted by atomic mass is 10.0. The number of anilines is 1. The third-order valence-corrected chi connectivity index (χ3v) is 5.09. The van der Waals surface area contributed by atoms with Crippen molar-refractivity contribution in [1.82, 2.24) is 15.0 Å². The van der Waals surface area contributed by atoms with Gasteiger partial charge in [0.1, 0.15) is 5.82 Å². The molecule has 5 heteroatoms. The van der Waals surface area contributed by atoms with E-state index in [9.17, 15) is 0 Å². The second-order valence-corrected chi connectivity index (χ2v) is 6.71. The second-order valence-electron chi connectivity index (χ2n) is 5.93. The Morgan fingerprint density at radius 3 is 2.72 bits per heavy atom. The van der Waals surface area contributed by atoms with E-state index in [2.05, 4.69) is 43.9 Å². The van der Waals surface area contributed by atoms with Gasteiger partial charge >= 0.3 is 0 Å². The van der Waals surface area contributed by atoms with Crippen LogP contribution < -0.4 is 5.73 Å². The fourth-order valence-electron chi connectivity index (χ4n) is 3.09. The molecule has 25 heavy (non-hydrogen) atoms. The number of hydrogen-bond acceptors (Lipinski definition) is 4. The van der Waals surface area contributed by atoms with Crippen molar-refractivity contribution in [2.75, 3.05) is 5.73 Å². The first-order valence-corrected chi connectivity index (χ1v) is 8.90. The van der Waals surface area contributed by atoms with Crippen LogP contribution in [0, 0.1) is 0 Å². The molecule has 0 atom stereocenters. The van der Waals surface area contributed by atoms with E-state index in [1.165, 1.54) is 5.56 Å². The first kappa shape index (κ1) is 14.2. The van der Waals surface area contributed by atoms with Crippen molar-refractivity contribution in [3.05, 3.63) is 65.5 Å². The summed E-state index contributed by atoms with van der Waals surface area (Å²) in [7, 11) is 0. The number of aromatic nitrogens is 3. The molecule has 3 heterocycles. The number of pyridine rings is 1. The number of aromatic amines is 1. The molecule has 0 saturated carbocycles. The summed E-state index contributed by atoms with van der Waals surface area (Å²) in [6.07, 6.45) is 1.80. The molecule has 120 valence electrons. The average Bonchev–Trinajstić information content (AvgIpc) is 3.31. The Balaban J connectivity index is 1.67. The highest BCUT2D eigenvalue weighted by molar-refractivity contribution is 7.08. The molecule has 0 fully saturated rings. The van der Waals surface area contributed by atoms with Crippen molar-refractivity contribution in [1.29, 1.82) is 0 Å². The monoisotopic (exact) mass is 342 g/mol. The number of imidazole rings is 1. The van der Waals surface area contributed by atoms with Gasteiger partial charge in [-0.15, -0.1) is 0 Å². The van der Waals surface area contributed by atoms with Crippen molar-refractivity contribution in [3.8, 4) is 22.5 Å². The summed E-state index contributed by atoms with van der Waals surface area (Å²) in [4.78, 5) is 12.6. The lowest BCUT2D eigenvalue weighted by Crippen LogP contribution is -1.95. The van der Waals surface area contributed by atoms with Crippen LogP contribution in [-0.4, -0.2) is 15.0 Å². The highest BCUT2D eigenvalue weighted by Crippen LogP contribution is 2.33. The van der Waals surface area contributed by atoms with Gasteiger partial charge in [0.15, 0.2) is 0 Å². The van der Waals surface area contributed by atoms with E-state index in [0.717, 1.165) is 38.9 Å². The van der Waals surface area contributed by atoms with Crippen LogP contribution in [0.4, 0.5) is 5.69 Å². The fourth-order valence-corrected chi connectivity index (χ4v) is 3.76. The van der Waals surface area contributed by atoms with E-state index < -0.39 is 0 Å². The Bertz CT molecular complexity index is 1170. The fraction of sp³-hybridized carbons (Fsp3) is 0. The minimum absolute atomic E-state index is 0.695. The van der Waals surface area contributed by atoms with Crippen molar-refractivity contribution in [3.63, 3.8) is 0 Å². The van der Waals surface area contributed by atoms with Crippen LogP contribution in [0.25, 0.3) is 44.5 Å². The maximum absolute atomic E-state index is 6.44. The summed E-state index contributed by atoms with van der Waals surface area (Å²) in [5.74, 6) is 0.745. The van der Waals surface area contributed by atoms with Crippen LogP contribution in [0.5, 0.6) is 0 Å². The number of nitrogen functional groups attached to an aromatic ring is 1. The van der Waals surface area contributed by atoms with Gasteiger partial charge in [-0.1, -0.05) is 24.3 Å². The summed E-state index contributed by atoms with van der Waals surface area (Å²) in [6, 6.07) is 16.3. The number of nitrogens with zero attached hydrogens (tertiary/aromatic N) is 2. The van der Waals surface area contributed by atoms with Crippen molar-refractivity contribution < 1.29 is 0 Å². The van der Waals surface area contributed by atoms with E-state index in [4.69, 9.17) is 5.73 Å². The minimum atomic E-state index is 0.695. The molecule has 4 nitrogen and oxygen atoms in total. The number of nitrogens with two attached hydrogens (primary N) is 1. The third kappa shape index (κ3) is 2.28. The normalized spacial score (nSPS) is 11.4. The van der Waals surface area contributed by atoms with Crippen LogP contribution in [0.15, 0.2) is 65.5 Å². The van der Waals surface area contributed by atoms with Gasteiger partial charge in [0.05, 0.1) is 27.8 Å². The average molecular weight is 342 g/mol. The molecule has 0 bridgehead atoms. The predicted molar refractivity (Wildman–Crippen MR) is 105 cm³/mol. The van der Waals surface area contributed by atoms with E-state index in [1.54, 1.807) is 17.5 Å². The van der Waals surface area contributed by atoms with E-state index in [0.29, 0.717) is 5.69 Å². The highest BCUT2D eigenvalue weighted by Gasteiger charge is 2.12. The summed E-state index contributed by atoms with van der Waals surface area (Å²) < 4.78 is 0. The molecule has 2 aromatic carbocycles. The number of hydrogen-bond donors (Lipinski definition) is 2. The SMILES string of the molecule is Nc1c(-c2nc3ccccc3[nH]2)cnc2cc(-c3ccsc3)ccc12. The Kier molecular flexibility index (Phi) is 3.08. The van der Waals surface area contributed by atoms with Crippen LogP contribution in [0.2, 0.25) is 0 Å². The number of fused-ring (bicyclic) bond motifs is 2. The standard InChI is InChI=1S/C20H14N4S/c21-19-14-6-5-12(13-7-8-25-11-13)9-18(14)22-10-15(19)20-23-16-3-1-2-4-17(16)24-20/h1-11H,(H2,21,22)(H,23,24). The molecule has 0 unspecified atom stereocenters. The first-order valence-electron chi connectivity index (χ1n) is 7.95. The maximum Gasteiger partial charge on any atom is 0.142 e. The molecule has 0 spiro atoms. The van der Waals surface area contributed by atoms with E-state index >= 15 is 0 Å². The van der Waals surface area contributed by atoms with Gasteiger partial charge in [-0.3, -0.25) is 4.98 Å². The van der Waals surface area contributed by atoms with Crippen molar-refractivity contribution in [2.45, 2.75) is 0 Å². The summed E-state index contributed by atoms with van der Waals surface area (Å²) in [6.45, 7) is 0. The van der Waals surface area contributed by atoms with Gasteiger partial charge in [-0.25, -0.2) is 4.98 Å².